The van der Waals surface area contributed by atoms with Gasteiger partial charge in [0.05, 0.1) is 6.61 Å². The minimum atomic E-state index is 0.197. The number of fused-ring (bicyclic) bond motifs is 1. The first-order valence-electron chi connectivity index (χ1n) is 6.40. The average Bonchev–Trinajstić information content (AvgIpc) is 2.85. The number of ether oxygens (including phenoxy) is 1. The largest absolute Gasteiger partial charge is 0.493 e. The number of hydrogen-bond donors (Lipinski definition) is 0. The topological polar surface area (TPSA) is 26.3 Å². The van der Waals surface area contributed by atoms with Gasteiger partial charge in [0.25, 0.3) is 0 Å². The highest BCUT2D eigenvalue weighted by molar-refractivity contribution is 5.81. The van der Waals surface area contributed by atoms with Crippen LogP contribution in [0.5, 0.6) is 5.75 Å². The van der Waals surface area contributed by atoms with Crippen molar-refractivity contribution in [2.24, 2.45) is 5.41 Å². The molecule has 2 atom stereocenters. The van der Waals surface area contributed by atoms with E-state index in [1.165, 1.54) is 5.56 Å². The molecule has 3 rings (SSSR count). The van der Waals surface area contributed by atoms with Crippen LogP contribution in [0.2, 0.25) is 0 Å². The van der Waals surface area contributed by atoms with Gasteiger partial charge < -0.3 is 4.74 Å². The summed E-state index contributed by atoms with van der Waals surface area (Å²) in [4.78, 5) is 11.4. The Kier molecular flexibility index (Phi) is 2.46. The predicted molar refractivity (Wildman–Crippen MR) is 66.3 cm³/mol. The monoisotopic (exact) mass is 230 g/mol. The molecule has 1 saturated carbocycles. The zero-order valence-corrected chi connectivity index (χ0v) is 10.2. The van der Waals surface area contributed by atoms with Gasteiger partial charge in [-0.05, 0) is 24.3 Å². The highest BCUT2D eigenvalue weighted by Crippen LogP contribution is 2.46. The van der Waals surface area contributed by atoms with E-state index >= 15 is 0 Å². The Bertz CT molecular complexity index is 452. The van der Waals surface area contributed by atoms with Crippen LogP contribution in [0.15, 0.2) is 24.3 Å². The van der Waals surface area contributed by atoms with Crippen LogP contribution in [0.25, 0.3) is 0 Å². The molecule has 90 valence electrons. The van der Waals surface area contributed by atoms with Gasteiger partial charge in [0, 0.05) is 24.3 Å². The second kappa shape index (κ2) is 3.86. The Morgan fingerprint density at radius 2 is 2.24 bits per heavy atom. The molecular weight excluding hydrogens is 212 g/mol. The first-order valence-corrected chi connectivity index (χ1v) is 6.40. The van der Waals surface area contributed by atoms with E-state index in [1.807, 2.05) is 12.1 Å². The van der Waals surface area contributed by atoms with Crippen molar-refractivity contribution in [1.82, 2.24) is 0 Å². The van der Waals surface area contributed by atoms with Crippen molar-refractivity contribution >= 4 is 5.78 Å². The van der Waals surface area contributed by atoms with Gasteiger partial charge in [0.1, 0.15) is 11.5 Å². The lowest BCUT2D eigenvalue weighted by molar-refractivity contribution is -0.118. The molecule has 0 N–H and O–H groups in total. The van der Waals surface area contributed by atoms with E-state index in [9.17, 15) is 4.79 Å². The van der Waals surface area contributed by atoms with Crippen molar-refractivity contribution in [3.05, 3.63) is 29.8 Å². The molecule has 0 saturated heterocycles. The van der Waals surface area contributed by atoms with Crippen molar-refractivity contribution < 1.29 is 9.53 Å². The molecule has 1 heterocycles. The summed E-state index contributed by atoms with van der Waals surface area (Å²) in [6.07, 6.45) is 3.65. The van der Waals surface area contributed by atoms with Gasteiger partial charge in [-0.15, -0.1) is 0 Å². The van der Waals surface area contributed by atoms with Gasteiger partial charge in [0.2, 0.25) is 0 Å². The smallest absolute Gasteiger partial charge is 0.133 e. The van der Waals surface area contributed by atoms with Crippen LogP contribution < -0.4 is 4.74 Å². The highest BCUT2D eigenvalue weighted by Gasteiger charge is 2.38. The Balaban J connectivity index is 1.77. The van der Waals surface area contributed by atoms with E-state index < -0.39 is 0 Å². The summed E-state index contributed by atoms with van der Waals surface area (Å²) in [5, 5.41) is 0. The minimum absolute atomic E-state index is 0.197. The number of carbonyl (C=O) groups excluding carboxylic acids is 1. The third-order valence-electron chi connectivity index (χ3n) is 4.17. The standard InChI is InChI=1S/C15H18O2/c1-15(7-6-12(16)9-15)8-11-10-17-14-5-3-2-4-13(11)14/h2-5,11H,6-10H2,1H3. The molecule has 1 aliphatic heterocycles. The van der Waals surface area contributed by atoms with Crippen LogP contribution in [0.4, 0.5) is 0 Å². The summed E-state index contributed by atoms with van der Waals surface area (Å²) in [7, 11) is 0. The Labute approximate surface area is 102 Å². The van der Waals surface area contributed by atoms with Gasteiger partial charge in [-0.25, -0.2) is 0 Å². The lowest BCUT2D eigenvalue weighted by Crippen LogP contribution is -2.17. The SMILES string of the molecule is CC1(CC2COc3ccccc32)CCC(=O)C1. The molecule has 0 bridgehead atoms. The van der Waals surface area contributed by atoms with E-state index in [-0.39, 0.29) is 5.41 Å². The third kappa shape index (κ3) is 1.97. The van der Waals surface area contributed by atoms with Crippen LogP contribution in [0.3, 0.4) is 0 Å². The predicted octanol–water partition coefficient (Wildman–Crippen LogP) is 3.31. The summed E-state index contributed by atoms with van der Waals surface area (Å²) in [5.41, 5.74) is 1.52. The fraction of sp³-hybridized carbons (Fsp3) is 0.533. The third-order valence-corrected chi connectivity index (χ3v) is 4.17. The van der Waals surface area contributed by atoms with Crippen LogP contribution in [-0.4, -0.2) is 12.4 Å². The molecule has 2 heteroatoms. The first-order chi connectivity index (χ1) is 8.16. The van der Waals surface area contributed by atoms with Gasteiger partial charge in [-0.3, -0.25) is 4.79 Å². The van der Waals surface area contributed by atoms with Crippen LogP contribution in [0, 0.1) is 5.41 Å². The fourth-order valence-electron chi connectivity index (χ4n) is 3.26. The zero-order chi connectivity index (χ0) is 11.9. The summed E-state index contributed by atoms with van der Waals surface area (Å²) < 4.78 is 5.71. The normalized spacial score (nSPS) is 31.4. The van der Waals surface area contributed by atoms with Gasteiger partial charge in [0.15, 0.2) is 0 Å². The lowest BCUT2D eigenvalue weighted by atomic mass is 9.78. The summed E-state index contributed by atoms with van der Waals surface area (Å²) in [6.45, 7) is 3.03. The van der Waals surface area contributed by atoms with Crippen molar-refractivity contribution in [3.8, 4) is 5.75 Å². The Morgan fingerprint density at radius 3 is 3.00 bits per heavy atom. The van der Waals surface area contributed by atoms with Crippen molar-refractivity contribution in [2.45, 2.75) is 38.5 Å². The van der Waals surface area contributed by atoms with Crippen molar-refractivity contribution in [2.75, 3.05) is 6.61 Å². The number of carbonyl (C=O) groups is 1. The fourth-order valence-corrected chi connectivity index (χ4v) is 3.26. The van der Waals surface area contributed by atoms with Crippen molar-refractivity contribution in [3.63, 3.8) is 0 Å². The maximum atomic E-state index is 11.4. The minimum Gasteiger partial charge on any atom is -0.493 e. The van der Waals surface area contributed by atoms with Gasteiger partial charge in [-0.1, -0.05) is 25.1 Å². The molecule has 1 aromatic carbocycles. The second-order valence-corrected chi connectivity index (χ2v) is 5.78. The van der Waals surface area contributed by atoms with Gasteiger partial charge in [-0.2, -0.15) is 0 Å². The van der Waals surface area contributed by atoms with Crippen LogP contribution in [0.1, 0.15) is 44.1 Å². The molecule has 2 nitrogen and oxygen atoms in total. The van der Waals surface area contributed by atoms with Crippen molar-refractivity contribution in [1.29, 1.82) is 0 Å². The zero-order valence-electron chi connectivity index (χ0n) is 10.2. The highest BCUT2D eigenvalue weighted by atomic mass is 16.5. The summed E-state index contributed by atoms with van der Waals surface area (Å²) >= 11 is 0. The summed E-state index contributed by atoms with van der Waals surface area (Å²) in [6, 6.07) is 8.29. The molecule has 0 spiro atoms. The average molecular weight is 230 g/mol. The number of ketones is 1. The molecular formula is C15H18O2. The number of para-hydroxylation sites is 1. The molecule has 0 amide bonds. The van der Waals surface area contributed by atoms with Crippen LogP contribution >= 0.6 is 0 Å². The maximum absolute atomic E-state index is 11.4. The first kappa shape index (κ1) is 10.8. The van der Waals surface area contributed by atoms with Crippen LogP contribution in [-0.2, 0) is 4.79 Å². The summed E-state index contributed by atoms with van der Waals surface area (Å²) in [5.74, 6) is 1.94. The lowest BCUT2D eigenvalue weighted by Gasteiger charge is -2.25. The van der Waals surface area contributed by atoms with E-state index in [0.29, 0.717) is 11.7 Å². The maximum Gasteiger partial charge on any atom is 0.133 e. The number of hydrogen-bond acceptors (Lipinski definition) is 2. The van der Waals surface area contributed by atoms with E-state index in [2.05, 4.69) is 19.1 Å². The molecule has 1 aromatic rings. The number of Topliss-reactive ketones (excluding diaryl/α,β-unsaturated/α-hetero) is 1. The quantitative estimate of drug-likeness (QED) is 0.779. The molecule has 0 radical (unpaired) electrons. The molecule has 17 heavy (non-hydrogen) atoms. The molecule has 2 aliphatic rings. The molecule has 1 aliphatic carbocycles. The Morgan fingerprint density at radius 1 is 1.41 bits per heavy atom. The second-order valence-electron chi connectivity index (χ2n) is 5.78. The van der Waals surface area contributed by atoms with Gasteiger partial charge >= 0.3 is 0 Å². The molecule has 1 fully saturated rings. The van der Waals surface area contributed by atoms with E-state index in [0.717, 1.165) is 38.0 Å². The number of rotatable bonds is 2. The van der Waals surface area contributed by atoms with E-state index in [4.69, 9.17) is 4.74 Å². The number of benzene rings is 1. The molecule has 2 unspecified atom stereocenters. The Hall–Kier alpha value is -1.31. The molecule has 0 aromatic heterocycles. The van der Waals surface area contributed by atoms with E-state index in [1.54, 1.807) is 0 Å².